The molecule has 3 heteroatoms. The quantitative estimate of drug-likeness (QED) is 0.617. The van der Waals surface area contributed by atoms with E-state index in [4.69, 9.17) is 5.11 Å². The average Bonchev–Trinajstić information content (AvgIpc) is 1.88. The maximum atomic E-state index is 10.4. The Hall–Kier alpha value is -0.778. The third-order valence-corrected chi connectivity index (χ3v) is 1.27. The lowest BCUT2D eigenvalue weighted by molar-refractivity contribution is 0.0697. The summed E-state index contributed by atoms with van der Waals surface area (Å²) >= 11 is 0. The topological polar surface area (TPSA) is 37.3 Å². The molecule has 0 spiro atoms. The molecule has 2 nitrogen and oxygen atoms in total. The van der Waals surface area contributed by atoms with E-state index in [9.17, 15) is 4.79 Å². The van der Waals surface area contributed by atoms with Gasteiger partial charge in [-0.3, -0.25) is 0 Å². The molecule has 0 bridgehead atoms. The van der Waals surface area contributed by atoms with E-state index in [1.54, 1.807) is 18.2 Å². The van der Waals surface area contributed by atoms with Gasteiger partial charge >= 0.3 is 5.97 Å². The van der Waals surface area contributed by atoms with Crippen LogP contribution in [-0.2, 0) is 0 Å². The summed E-state index contributed by atoms with van der Waals surface area (Å²) in [6.45, 7) is 1.87. The molecule has 0 aromatic heterocycles. The molecule has 0 aliphatic carbocycles. The minimum absolute atomic E-state index is 0. The number of carbonyl (C=O) groups is 1. The normalized spacial score (nSPS) is 8.45. The molecule has 1 aromatic rings. The second kappa shape index (κ2) is 4.17. The molecule has 0 radical (unpaired) electrons. The summed E-state index contributed by atoms with van der Waals surface area (Å²) in [4.78, 5) is 10.4. The molecule has 0 aliphatic rings. The summed E-state index contributed by atoms with van der Waals surface area (Å²) in [5, 5.41) is 8.51. The molecule has 1 rings (SSSR count). The molecule has 0 aliphatic heterocycles. The average molecular weight is 166 g/mol. The summed E-state index contributed by atoms with van der Waals surface area (Å²) in [6, 6.07) is 6.82. The highest BCUT2D eigenvalue weighted by atomic mass is 27.0. The Kier molecular flexibility index (Phi) is 3.88. The van der Waals surface area contributed by atoms with E-state index in [-0.39, 0.29) is 17.4 Å². The van der Waals surface area contributed by atoms with Crippen LogP contribution in [0.1, 0.15) is 15.9 Å². The molecule has 0 saturated heterocycles. The molecule has 11 heavy (non-hydrogen) atoms. The van der Waals surface area contributed by atoms with Crippen LogP contribution in [0.15, 0.2) is 24.3 Å². The van der Waals surface area contributed by atoms with E-state index >= 15 is 0 Å². The standard InChI is InChI=1S/C8H8O2.Al.3H/c1-6-3-2-4-7(5-6)8(9)10;;;;/h2-5H,1H3,(H,9,10);;;;. The Morgan fingerprint density at radius 1 is 1.45 bits per heavy atom. The minimum Gasteiger partial charge on any atom is -0.478 e. The van der Waals surface area contributed by atoms with Gasteiger partial charge in [0.05, 0.1) is 5.56 Å². The lowest BCUT2D eigenvalue weighted by atomic mass is 10.1. The van der Waals surface area contributed by atoms with Gasteiger partial charge in [0.1, 0.15) is 0 Å². The number of carboxylic acids is 1. The van der Waals surface area contributed by atoms with Crippen molar-refractivity contribution in [3.63, 3.8) is 0 Å². The smallest absolute Gasteiger partial charge is 0.335 e. The molecule has 0 heterocycles. The molecule has 0 atom stereocenters. The van der Waals surface area contributed by atoms with E-state index in [2.05, 4.69) is 0 Å². The van der Waals surface area contributed by atoms with Crippen LogP contribution in [0.4, 0.5) is 0 Å². The van der Waals surface area contributed by atoms with E-state index in [1.807, 2.05) is 13.0 Å². The summed E-state index contributed by atoms with van der Waals surface area (Å²) in [7, 11) is 0. The van der Waals surface area contributed by atoms with Crippen molar-refractivity contribution >= 4 is 23.3 Å². The first-order chi connectivity index (χ1) is 4.70. The lowest BCUT2D eigenvalue weighted by Crippen LogP contribution is -1.95. The van der Waals surface area contributed by atoms with Gasteiger partial charge in [-0.25, -0.2) is 4.79 Å². The molecular formula is C8H11AlO2. The zero-order valence-electron chi connectivity index (χ0n) is 5.66. The zero-order valence-corrected chi connectivity index (χ0v) is 5.66. The van der Waals surface area contributed by atoms with Crippen LogP contribution >= 0.6 is 0 Å². The fourth-order valence-electron chi connectivity index (χ4n) is 0.778. The van der Waals surface area contributed by atoms with Crippen LogP contribution in [0.2, 0.25) is 0 Å². The second-order valence-electron chi connectivity index (χ2n) is 2.17. The molecule has 1 aromatic carbocycles. The summed E-state index contributed by atoms with van der Waals surface area (Å²) in [6.07, 6.45) is 0. The highest BCUT2D eigenvalue weighted by molar-refractivity contribution is 5.87. The Morgan fingerprint density at radius 3 is 2.45 bits per heavy atom. The monoisotopic (exact) mass is 166 g/mol. The fraction of sp³-hybridized carbons (Fsp3) is 0.125. The molecule has 0 unspecified atom stereocenters. The Balaban J connectivity index is 0.000001000. The maximum Gasteiger partial charge on any atom is 0.335 e. The van der Waals surface area contributed by atoms with E-state index in [0.29, 0.717) is 5.56 Å². The molecule has 0 saturated carbocycles. The number of benzene rings is 1. The van der Waals surface area contributed by atoms with Crippen LogP contribution in [0.5, 0.6) is 0 Å². The van der Waals surface area contributed by atoms with Gasteiger partial charge < -0.3 is 5.11 Å². The maximum absolute atomic E-state index is 10.4. The van der Waals surface area contributed by atoms with E-state index in [1.165, 1.54) is 0 Å². The summed E-state index contributed by atoms with van der Waals surface area (Å²) < 4.78 is 0. The first-order valence-corrected chi connectivity index (χ1v) is 3.00. The molecule has 0 amide bonds. The van der Waals surface area contributed by atoms with Crippen LogP contribution < -0.4 is 0 Å². The van der Waals surface area contributed by atoms with Crippen molar-refractivity contribution in [2.45, 2.75) is 6.92 Å². The number of rotatable bonds is 1. The van der Waals surface area contributed by atoms with Crippen molar-refractivity contribution < 1.29 is 9.90 Å². The molecular weight excluding hydrogens is 155 g/mol. The van der Waals surface area contributed by atoms with Crippen molar-refractivity contribution in [2.24, 2.45) is 0 Å². The summed E-state index contributed by atoms with van der Waals surface area (Å²) in [5.74, 6) is -0.872. The highest BCUT2D eigenvalue weighted by Gasteiger charge is 1.99. The van der Waals surface area contributed by atoms with Gasteiger partial charge in [-0.15, -0.1) is 0 Å². The van der Waals surface area contributed by atoms with E-state index < -0.39 is 5.97 Å². The van der Waals surface area contributed by atoms with E-state index in [0.717, 1.165) is 5.56 Å². The zero-order chi connectivity index (χ0) is 7.56. The third-order valence-electron chi connectivity index (χ3n) is 1.27. The van der Waals surface area contributed by atoms with Crippen molar-refractivity contribution in [2.75, 3.05) is 0 Å². The molecule has 1 N–H and O–H groups in total. The van der Waals surface area contributed by atoms with Gasteiger partial charge in [0, 0.05) is 0 Å². The lowest BCUT2D eigenvalue weighted by Gasteiger charge is -1.93. The Morgan fingerprint density at radius 2 is 2.09 bits per heavy atom. The van der Waals surface area contributed by atoms with Gasteiger partial charge in [0.15, 0.2) is 17.4 Å². The van der Waals surface area contributed by atoms with Gasteiger partial charge in [-0.1, -0.05) is 17.7 Å². The van der Waals surface area contributed by atoms with Gasteiger partial charge in [-0.2, -0.15) is 0 Å². The van der Waals surface area contributed by atoms with Crippen LogP contribution in [0, 0.1) is 6.92 Å². The van der Waals surface area contributed by atoms with Crippen molar-refractivity contribution in [1.82, 2.24) is 0 Å². The number of carboxylic acid groups (broad SMARTS) is 1. The molecule has 58 valence electrons. The predicted molar refractivity (Wildman–Crippen MR) is 48.1 cm³/mol. The minimum atomic E-state index is -0.872. The number of hydrogen-bond acceptors (Lipinski definition) is 1. The highest BCUT2D eigenvalue weighted by Crippen LogP contribution is 2.02. The number of aryl methyl sites for hydroxylation is 1. The second-order valence-corrected chi connectivity index (χ2v) is 2.17. The Labute approximate surface area is 76.0 Å². The van der Waals surface area contributed by atoms with Crippen molar-refractivity contribution in [1.29, 1.82) is 0 Å². The van der Waals surface area contributed by atoms with Gasteiger partial charge in [0.25, 0.3) is 0 Å². The van der Waals surface area contributed by atoms with Crippen LogP contribution in [0.3, 0.4) is 0 Å². The molecule has 0 fully saturated rings. The van der Waals surface area contributed by atoms with Crippen LogP contribution in [-0.4, -0.2) is 28.4 Å². The largest absolute Gasteiger partial charge is 0.478 e. The Bertz CT molecular complexity index is 258. The van der Waals surface area contributed by atoms with Crippen molar-refractivity contribution in [3.05, 3.63) is 35.4 Å². The van der Waals surface area contributed by atoms with Crippen LogP contribution in [0.25, 0.3) is 0 Å². The summed E-state index contributed by atoms with van der Waals surface area (Å²) in [5.41, 5.74) is 1.32. The fourth-order valence-corrected chi connectivity index (χ4v) is 0.778. The van der Waals surface area contributed by atoms with Gasteiger partial charge in [-0.05, 0) is 19.1 Å². The van der Waals surface area contributed by atoms with Gasteiger partial charge in [0.2, 0.25) is 0 Å². The first kappa shape index (κ1) is 10.2. The third kappa shape index (κ3) is 2.75. The predicted octanol–water partition coefficient (Wildman–Crippen LogP) is 0.509. The number of hydrogen-bond donors (Lipinski definition) is 1. The first-order valence-electron chi connectivity index (χ1n) is 3.00. The van der Waals surface area contributed by atoms with Crippen molar-refractivity contribution in [3.8, 4) is 0 Å². The number of aromatic carboxylic acids is 1. The SMILES string of the molecule is Cc1cccc(C(=O)O)c1.[AlH3].